The van der Waals surface area contributed by atoms with Gasteiger partial charge in [0.05, 0.1) is 0 Å². The topological polar surface area (TPSA) is 0 Å². The maximum atomic E-state index is 2.39. The molecule has 146 valence electrons. The van der Waals surface area contributed by atoms with Crippen LogP contribution in [0, 0.1) is 27.7 Å². The van der Waals surface area contributed by atoms with E-state index in [-0.39, 0.29) is 30.2 Å². The number of halogens is 2. The van der Waals surface area contributed by atoms with Crippen LogP contribution in [0.1, 0.15) is 34.2 Å². The van der Waals surface area contributed by atoms with Gasteiger partial charge in [-0.1, -0.05) is 63.8 Å². The Morgan fingerprint density at radius 3 is 2.14 bits per heavy atom. The number of fused-ring (bicyclic) bond motifs is 3. The summed E-state index contributed by atoms with van der Waals surface area (Å²) in [6.07, 6.45) is 7.77. The van der Waals surface area contributed by atoms with Crippen LogP contribution in [0.2, 0.25) is 13.1 Å². The molecule has 28 heavy (non-hydrogen) atoms. The molecule has 0 aromatic heterocycles. The summed E-state index contributed by atoms with van der Waals surface area (Å²) in [6.45, 7) is 13.7. The first-order valence-corrected chi connectivity index (χ1v) is 15.5. The Bertz CT molecular complexity index is 1080. The fourth-order valence-electron chi connectivity index (χ4n) is 4.01. The van der Waals surface area contributed by atoms with E-state index >= 15 is 0 Å². The molecule has 3 aromatic carbocycles. The number of hydrogen-bond donors (Lipinski definition) is 0. The predicted molar refractivity (Wildman–Crippen MR) is 115 cm³/mol. The second kappa shape index (κ2) is 10.5. The van der Waals surface area contributed by atoms with Gasteiger partial charge >= 0.3 is 41.9 Å². The smallest absolute Gasteiger partial charge is 0.0159 e. The van der Waals surface area contributed by atoms with Crippen molar-refractivity contribution in [2.75, 3.05) is 0 Å². The number of hydrogen-bond acceptors (Lipinski definition) is 0. The van der Waals surface area contributed by atoms with E-state index < -0.39 is 0 Å². The first-order valence-electron chi connectivity index (χ1n) is 9.29. The monoisotopic (exact) mass is 503 g/mol. The Kier molecular flexibility index (Phi) is 9.55. The molecule has 0 aliphatic heterocycles. The van der Waals surface area contributed by atoms with E-state index in [9.17, 15) is 0 Å². The third-order valence-corrected chi connectivity index (χ3v) is 5.36. The van der Waals surface area contributed by atoms with Crippen molar-refractivity contribution < 1.29 is 48.1 Å². The van der Waals surface area contributed by atoms with Crippen LogP contribution in [0.3, 0.4) is 0 Å². The van der Waals surface area contributed by atoms with Gasteiger partial charge in [-0.05, 0) is 34.1 Å². The van der Waals surface area contributed by atoms with Gasteiger partial charge in [0.2, 0.25) is 0 Å². The average molecular weight is 506 g/mol. The summed E-state index contributed by atoms with van der Waals surface area (Å²) in [5.74, 6) is 0. The molecule has 1 aliphatic carbocycles. The zero-order valence-electron chi connectivity index (χ0n) is 17.5. The Morgan fingerprint density at radius 1 is 0.929 bits per heavy atom. The van der Waals surface area contributed by atoms with E-state index in [0.29, 0.717) is 0 Å². The summed E-state index contributed by atoms with van der Waals surface area (Å²) >= 11 is 1.74. The number of benzene rings is 2. The van der Waals surface area contributed by atoms with Gasteiger partial charge in [0.15, 0.2) is 0 Å². The van der Waals surface area contributed by atoms with Crippen LogP contribution in [-0.4, -0.2) is 5.43 Å². The van der Waals surface area contributed by atoms with Crippen molar-refractivity contribution in [3.8, 4) is 0 Å². The number of aryl methyl sites for hydroxylation is 2. The van der Waals surface area contributed by atoms with Gasteiger partial charge in [-0.15, -0.1) is 33.7 Å². The van der Waals surface area contributed by atoms with Crippen LogP contribution >= 0.6 is 0 Å². The Balaban J connectivity index is 0.000000601. The summed E-state index contributed by atoms with van der Waals surface area (Å²) in [4.78, 5) is 0. The second-order valence-electron chi connectivity index (χ2n) is 7.55. The number of rotatable bonds is 1. The predicted octanol–water partition coefficient (Wildman–Crippen LogP) is 1.08. The van der Waals surface area contributed by atoms with Crippen LogP contribution in [-0.2, 0) is 23.3 Å². The van der Waals surface area contributed by atoms with Crippen molar-refractivity contribution in [2.24, 2.45) is 0 Å². The maximum absolute atomic E-state index is 2.39. The number of allylic oxidation sites excluding steroid dienone is 4. The summed E-state index contributed by atoms with van der Waals surface area (Å²) in [6, 6.07) is 9.04. The SMILES string of the molecule is C[Si](C)=[Zr+2].Cc1c(C)c(C)c2c([cH-]c3cccc(C)c32)c1C1=CC=CC1.[Cl-].[Cl-]. The summed E-state index contributed by atoms with van der Waals surface area (Å²) in [7, 11) is 0. The van der Waals surface area contributed by atoms with Gasteiger partial charge in [-0.2, -0.15) is 0 Å². The average Bonchev–Trinajstić information content (AvgIpc) is 3.21. The van der Waals surface area contributed by atoms with Crippen molar-refractivity contribution in [3.63, 3.8) is 0 Å². The molecule has 4 rings (SSSR count). The molecule has 0 atom stereocenters. The molecule has 0 bridgehead atoms. The van der Waals surface area contributed by atoms with Gasteiger partial charge in [0.25, 0.3) is 0 Å². The van der Waals surface area contributed by atoms with E-state index in [1.807, 2.05) is 0 Å². The van der Waals surface area contributed by atoms with Crippen molar-refractivity contribution in [2.45, 2.75) is 47.2 Å². The summed E-state index contributed by atoms with van der Waals surface area (Å²) in [5.41, 5.74) is 8.81. The minimum Gasteiger partial charge on any atom is -1.00 e. The van der Waals surface area contributed by atoms with Gasteiger partial charge in [-0.25, -0.2) is 0 Å². The van der Waals surface area contributed by atoms with E-state index in [2.05, 4.69) is 83.3 Å². The van der Waals surface area contributed by atoms with Gasteiger partial charge in [0, 0.05) is 0 Å². The van der Waals surface area contributed by atoms with Gasteiger partial charge in [0.1, 0.15) is 0 Å². The molecule has 0 amide bonds. The summed E-state index contributed by atoms with van der Waals surface area (Å²) in [5, 5.41) is 5.70. The van der Waals surface area contributed by atoms with Gasteiger partial charge in [-0.3, -0.25) is 0 Å². The molecule has 3 aromatic rings. The largest absolute Gasteiger partial charge is 1.00 e. The Morgan fingerprint density at radius 2 is 1.57 bits per heavy atom. The molecular formula is C24H27Cl2SiZr-. The molecule has 0 unspecified atom stereocenters. The quantitative estimate of drug-likeness (QED) is 0.343. The zero-order chi connectivity index (χ0) is 19.0. The van der Waals surface area contributed by atoms with Crippen LogP contribution in [0.15, 0.2) is 42.5 Å². The molecule has 0 saturated carbocycles. The molecule has 0 spiro atoms. The Hall–Kier alpha value is -0.530. The van der Waals surface area contributed by atoms with Crippen LogP contribution in [0.4, 0.5) is 0 Å². The molecule has 0 nitrogen and oxygen atoms in total. The van der Waals surface area contributed by atoms with Crippen LogP contribution in [0.25, 0.3) is 27.1 Å². The third-order valence-electron chi connectivity index (χ3n) is 5.36. The summed E-state index contributed by atoms with van der Waals surface area (Å²) < 4.78 is 0. The fourth-order valence-corrected chi connectivity index (χ4v) is 4.01. The van der Waals surface area contributed by atoms with Crippen LogP contribution in [0.5, 0.6) is 0 Å². The molecule has 4 heteroatoms. The second-order valence-corrected chi connectivity index (χ2v) is 16.9. The maximum Gasteiger partial charge on any atom is -0.0159 e. The zero-order valence-corrected chi connectivity index (χ0v) is 22.5. The third kappa shape index (κ3) is 4.78. The van der Waals surface area contributed by atoms with Crippen molar-refractivity contribution >= 4 is 32.6 Å². The molecular weight excluding hydrogens is 478 g/mol. The molecule has 0 saturated heterocycles. The molecule has 0 radical (unpaired) electrons. The standard InChI is InChI=1S/C22H21.C2H6Si.2ClH.Zr/c1-13-8-7-11-18-12-19-21(17-9-5-6-10-17)15(3)14(2)16(4)22(19)20(13)18;1-3-2;;;/h5-9,11-12H,10H2,1-4H3;1-2H3;2*1H;/q-1;;;;+2/p-2. The van der Waals surface area contributed by atoms with Crippen molar-refractivity contribution in [1.82, 2.24) is 0 Å². The normalized spacial score (nSPS) is 12.2. The van der Waals surface area contributed by atoms with Crippen molar-refractivity contribution in [3.05, 3.63) is 70.3 Å². The molecule has 1 aliphatic rings. The minimum absolute atomic E-state index is 0. The van der Waals surface area contributed by atoms with E-state index in [1.54, 1.807) is 23.3 Å². The Labute approximate surface area is 197 Å². The minimum atomic E-state index is 0. The van der Waals surface area contributed by atoms with E-state index in [1.165, 1.54) is 54.9 Å². The van der Waals surface area contributed by atoms with Crippen LogP contribution < -0.4 is 24.8 Å². The molecule has 0 fully saturated rings. The molecule has 0 N–H and O–H groups in total. The first-order chi connectivity index (χ1) is 12.3. The fraction of sp³-hybridized carbons (Fsp3) is 0.292. The first kappa shape index (κ1) is 25.5. The van der Waals surface area contributed by atoms with E-state index in [0.717, 1.165) is 6.42 Å². The van der Waals surface area contributed by atoms with E-state index in [4.69, 9.17) is 0 Å². The van der Waals surface area contributed by atoms with Gasteiger partial charge < -0.3 is 24.8 Å². The van der Waals surface area contributed by atoms with Crippen molar-refractivity contribution in [1.29, 1.82) is 0 Å². The molecule has 0 heterocycles.